The summed E-state index contributed by atoms with van der Waals surface area (Å²) in [6.07, 6.45) is 0. The van der Waals surface area contributed by atoms with E-state index >= 15 is 0 Å². The maximum Gasteiger partial charge on any atom is 0.477 e. The van der Waals surface area contributed by atoms with Crippen LogP contribution >= 0.6 is 34.4 Å². The maximum atomic E-state index is 5.51. The largest absolute Gasteiger partial charge is 0.477 e. The molecule has 0 aromatic heterocycles. The van der Waals surface area contributed by atoms with Crippen LogP contribution in [0.2, 0.25) is 0 Å². The number of quaternary nitrogens is 1. The van der Waals surface area contributed by atoms with Crippen molar-refractivity contribution in [1.82, 2.24) is 5.43 Å². The molecule has 0 rings (SSSR count). The molecule has 0 aliphatic rings. The van der Waals surface area contributed by atoms with Crippen LogP contribution in [0.25, 0.3) is 0 Å². The molecule has 0 radical (unpaired) electrons. The molecule has 2 nitrogen and oxygen atoms in total. The van der Waals surface area contributed by atoms with Crippen molar-refractivity contribution >= 4 is 38.9 Å². The summed E-state index contributed by atoms with van der Waals surface area (Å²) in [5.74, 6) is 0. The average Bonchev–Trinajstić information content (AvgIpc) is 1.57. The van der Waals surface area contributed by atoms with E-state index in [-0.39, 0.29) is 5.54 Å². The number of nitrogens with two attached hydrogens (primary N) is 1. The van der Waals surface area contributed by atoms with Crippen LogP contribution in [0, 0.1) is 0 Å². The lowest BCUT2D eigenvalue weighted by Gasteiger charge is -2.25. The molecule has 62 valence electrons. The summed E-state index contributed by atoms with van der Waals surface area (Å²) in [4.78, 5) is 0. The van der Waals surface area contributed by atoms with Gasteiger partial charge >= 0.3 is 4.53 Å². The second-order valence-corrected chi connectivity index (χ2v) is 5.92. The Morgan fingerprint density at radius 3 is 1.70 bits per heavy atom. The lowest BCUT2D eigenvalue weighted by Crippen LogP contribution is -3.04. The monoisotopic (exact) mass is 204 g/mol. The van der Waals surface area contributed by atoms with Gasteiger partial charge in [0, 0.05) is 0 Å². The molecular weight excluding hydrogens is 193 g/mol. The Labute approximate surface area is 76.2 Å². The molecule has 0 bridgehead atoms. The number of hydrogen-bond donors (Lipinski definition) is 2. The summed E-state index contributed by atoms with van der Waals surface area (Å²) in [6.45, 7) is 5.99. The van der Waals surface area contributed by atoms with Crippen molar-refractivity contribution in [3.63, 3.8) is 0 Å². The Morgan fingerprint density at radius 2 is 1.60 bits per heavy atom. The predicted molar refractivity (Wildman–Crippen MR) is 48.1 cm³/mol. The van der Waals surface area contributed by atoms with Gasteiger partial charge in [0.2, 0.25) is 0 Å². The zero-order valence-electron chi connectivity index (χ0n) is 6.29. The molecule has 0 unspecified atom stereocenters. The van der Waals surface area contributed by atoms with Crippen molar-refractivity contribution in [2.45, 2.75) is 26.3 Å². The van der Waals surface area contributed by atoms with Crippen LogP contribution in [-0.2, 0) is 0 Å². The van der Waals surface area contributed by atoms with E-state index in [1.807, 2.05) is 20.8 Å². The van der Waals surface area contributed by atoms with Crippen molar-refractivity contribution in [1.29, 1.82) is 0 Å². The van der Waals surface area contributed by atoms with Gasteiger partial charge in [0.05, 0.1) is 5.54 Å². The van der Waals surface area contributed by atoms with Crippen LogP contribution < -0.4 is 10.8 Å². The molecule has 0 aliphatic heterocycles. The van der Waals surface area contributed by atoms with Crippen molar-refractivity contribution < 1.29 is 5.34 Å². The summed E-state index contributed by atoms with van der Waals surface area (Å²) in [5, 5.41) is 1.50. The maximum absolute atomic E-state index is 5.51. The van der Waals surface area contributed by atoms with Crippen LogP contribution in [0.15, 0.2) is 0 Å². The molecule has 0 atom stereocenters. The Hall–Kier alpha value is 0.855. The number of hydrogen-bond acceptors (Lipinski definition) is 1. The second-order valence-electron chi connectivity index (χ2n) is 3.19. The minimum absolute atomic E-state index is 0.0360. The summed E-state index contributed by atoms with van der Waals surface area (Å²) >= 11 is 16.5. The first kappa shape index (κ1) is 10.9. The molecular formula is C4H12BCl3N2. The zero-order valence-corrected chi connectivity index (χ0v) is 8.56. The van der Waals surface area contributed by atoms with Gasteiger partial charge in [-0.25, -0.2) is 5.43 Å². The topological polar surface area (TPSA) is 28.6 Å². The number of nitrogens with one attached hydrogen (secondary N) is 1. The van der Waals surface area contributed by atoms with Gasteiger partial charge in [-0.05, 0) is 20.8 Å². The van der Waals surface area contributed by atoms with E-state index in [0.717, 1.165) is 0 Å². The minimum Gasteiger partial charge on any atom is -0.413 e. The molecule has 3 N–H and O–H groups in total. The molecule has 0 fully saturated rings. The average molecular weight is 205 g/mol. The fraction of sp³-hybridized carbons (Fsp3) is 1.00. The van der Waals surface area contributed by atoms with E-state index in [2.05, 4.69) is 5.43 Å². The fourth-order valence-corrected chi connectivity index (χ4v) is 0.533. The molecule has 10 heavy (non-hydrogen) atoms. The summed E-state index contributed by atoms with van der Waals surface area (Å²) in [7, 11) is 0. The summed E-state index contributed by atoms with van der Waals surface area (Å²) in [5.41, 5.74) is 2.93. The smallest absolute Gasteiger partial charge is 0.413 e. The van der Waals surface area contributed by atoms with Gasteiger partial charge in [-0.2, -0.15) is 0 Å². The normalized spacial score (nSPS) is 13.8. The van der Waals surface area contributed by atoms with E-state index in [9.17, 15) is 0 Å². The Kier molecular flexibility index (Phi) is 3.80. The molecule has 0 aromatic rings. The molecule has 0 heterocycles. The predicted octanol–water partition coefficient (Wildman–Crippen LogP) is 1.00. The van der Waals surface area contributed by atoms with Gasteiger partial charge in [0.15, 0.2) is 0 Å². The van der Waals surface area contributed by atoms with Crippen molar-refractivity contribution in [2.75, 3.05) is 0 Å². The molecule has 0 aliphatic carbocycles. The third-order valence-corrected chi connectivity index (χ3v) is 1.08. The Morgan fingerprint density at radius 1 is 1.20 bits per heavy atom. The van der Waals surface area contributed by atoms with E-state index in [0.29, 0.717) is 0 Å². The highest BCUT2D eigenvalue weighted by Gasteiger charge is 2.23. The van der Waals surface area contributed by atoms with Crippen LogP contribution in [-0.4, -0.2) is 10.1 Å². The van der Waals surface area contributed by atoms with Crippen molar-refractivity contribution in [3.05, 3.63) is 0 Å². The SMILES string of the molecule is CC(C)(C)N[NH2+][B-](Cl)(Cl)Cl. The minimum atomic E-state index is -1.89. The van der Waals surface area contributed by atoms with Crippen LogP contribution in [0.3, 0.4) is 0 Å². The van der Waals surface area contributed by atoms with E-state index in [1.165, 1.54) is 5.34 Å². The molecule has 0 saturated carbocycles. The Bertz CT molecular complexity index is 92.1. The van der Waals surface area contributed by atoms with E-state index in [1.54, 1.807) is 0 Å². The third kappa shape index (κ3) is 8.85. The van der Waals surface area contributed by atoms with Gasteiger partial charge < -0.3 is 5.34 Å². The quantitative estimate of drug-likeness (QED) is 0.393. The highest BCUT2D eigenvalue weighted by molar-refractivity contribution is 7.60. The molecule has 0 spiro atoms. The first-order valence-corrected chi connectivity index (χ1v) is 4.34. The molecule has 6 heteroatoms. The number of rotatable bonds is 2. The van der Waals surface area contributed by atoms with Gasteiger partial charge in [-0.15, -0.1) is 0 Å². The second kappa shape index (κ2) is 3.50. The third-order valence-electron chi connectivity index (χ3n) is 0.705. The van der Waals surface area contributed by atoms with E-state index < -0.39 is 4.53 Å². The van der Waals surface area contributed by atoms with Crippen molar-refractivity contribution in [3.8, 4) is 0 Å². The summed E-state index contributed by atoms with van der Waals surface area (Å²) in [6, 6.07) is 0. The van der Waals surface area contributed by atoms with Crippen LogP contribution in [0.4, 0.5) is 0 Å². The lowest BCUT2D eigenvalue weighted by atomic mass is 10.1. The molecule has 0 amide bonds. The van der Waals surface area contributed by atoms with Crippen LogP contribution in [0.1, 0.15) is 20.8 Å². The number of halogens is 3. The first-order chi connectivity index (χ1) is 4.21. The Balaban J connectivity index is 3.56. The highest BCUT2D eigenvalue weighted by Crippen LogP contribution is 2.08. The molecule has 0 saturated heterocycles. The fourth-order valence-electron chi connectivity index (χ4n) is 0.344. The lowest BCUT2D eigenvalue weighted by molar-refractivity contribution is -0.596. The zero-order chi connectivity index (χ0) is 8.41. The summed E-state index contributed by atoms with van der Waals surface area (Å²) < 4.78 is -1.89. The van der Waals surface area contributed by atoms with Gasteiger partial charge in [-0.3, -0.25) is 34.4 Å². The van der Waals surface area contributed by atoms with Gasteiger partial charge in [-0.1, -0.05) is 0 Å². The van der Waals surface area contributed by atoms with E-state index in [4.69, 9.17) is 34.4 Å². The highest BCUT2D eigenvalue weighted by atomic mass is 35.6. The first-order valence-electron chi connectivity index (χ1n) is 3.03. The molecule has 0 aromatic carbocycles. The van der Waals surface area contributed by atoms with Crippen molar-refractivity contribution in [2.24, 2.45) is 0 Å². The van der Waals surface area contributed by atoms with Crippen LogP contribution in [0.5, 0.6) is 0 Å². The van der Waals surface area contributed by atoms with Gasteiger partial charge in [0.25, 0.3) is 0 Å². The standard InChI is InChI=1S/C4H12BCl3N2/c1-4(2,3)9-10-5(6,7)8/h9H,10H2,1-3H3. The van der Waals surface area contributed by atoms with Gasteiger partial charge in [0.1, 0.15) is 0 Å².